The predicted octanol–water partition coefficient (Wildman–Crippen LogP) is 0.589. The molecule has 0 radical (unpaired) electrons. The molecule has 0 aromatic carbocycles. The van der Waals surface area contributed by atoms with Crippen molar-refractivity contribution in [3.8, 4) is 17.7 Å². The van der Waals surface area contributed by atoms with Crippen molar-refractivity contribution >= 4 is 0 Å². The van der Waals surface area contributed by atoms with Gasteiger partial charge in [-0.1, -0.05) is 5.92 Å². The van der Waals surface area contributed by atoms with E-state index in [1.54, 1.807) is 12.4 Å². The van der Waals surface area contributed by atoms with Crippen LogP contribution in [-0.2, 0) is 0 Å². The fourth-order valence-electron chi connectivity index (χ4n) is 1.96. The monoisotopic (exact) mass is 261 g/mol. The minimum atomic E-state index is 0.0541. The van der Waals surface area contributed by atoms with Gasteiger partial charge in [-0.15, -0.1) is 0 Å². The predicted molar refractivity (Wildman–Crippen MR) is 71.7 cm³/mol. The number of nitrogens with one attached hydrogen (secondary N) is 1. The molecule has 19 heavy (non-hydrogen) atoms. The second-order valence-corrected chi connectivity index (χ2v) is 4.49. The molecule has 1 aliphatic heterocycles. The molecule has 0 spiro atoms. The molecule has 1 fully saturated rings. The highest BCUT2D eigenvalue weighted by Gasteiger charge is 2.14. The summed E-state index contributed by atoms with van der Waals surface area (Å²) in [6, 6.07) is 0. The molecule has 1 aromatic heterocycles. The van der Waals surface area contributed by atoms with Crippen LogP contribution in [0, 0.1) is 17.8 Å². The summed E-state index contributed by atoms with van der Waals surface area (Å²) in [6.07, 6.45) is 5.90. The van der Waals surface area contributed by atoms with Crippen LogP contribution >= 0.6 is 0 Å². The van der Waals surface area contributed by atoms with Crippen molar-refractivity contribution in [2.45, 2.75) is 19.3 Å². The first kappa shape index (κ1) is 13.8. The molecule has 0 unspecified atom stereocenters. The smallest absolute Gasteiger partial charge is 0.248 e. The van der Waals surface area contributed by atoms with Gasteiger partial charge in [-0.2, -0.15) is 0 Å². The van der Waals surface area contributed by atoms with Gasteiger partial charge in [0.15, 0.2) is 5.69 Å². The lowest BCUT2D eigenvalue weighted by Gasteiger charge is -2.22. The van der Waals surface area contributed by atoms with E-state index in [1.165, 1.54) is 0 Å². The molecule has 2 N–H and O–H groups in total. The van der Waals surface area contributed by atoms with Gasteiger partial charge in [-0.25, -0.2) is 9.97 Å². The number of hydrogen-bond donors (Lipinski definition) is 2. The van der Waals surface area contributed by atoms with Crippen molar-refractivity contribution in [1.82, 2.24) is 15.3 Å². The molecule has 2 rings (SSSR count). The Morgan fingerprint density at radius 2 is 2.11 bits per heavy atom. The number of aliphatic hydroxyl groups is 1. The Hall–Kier alpha value is -1.64. The van der Waals surface area contributed by atoms with Gasteiger partial charge in [-0.3, -0.25) is 0 Å². The molecule has 1 saturated heterocycles. The zero-order chi connectivity index (χ0) is 13.3. The van der Waals surface area contributed by atoms with E-state index in [1.807, 2.05) is 0 Å². The number of ether oxygens (including phenoxy) is 1. The third-order valence-corrected chi connectivity index (χ3v) is 3.02. The first-order valence-corrected chi connectivity index (χ1v) is 6.64. The van der Waals surface area contributed by atoms with Crippen LogP contribution in [0.25, 0.3) is 0 Å². The average molecular weight is 261 g/mol. The zero-order valence-electron chi connectivity index (χ0n) is 10.9. The number of hydrogen-bond acceptors (Lipinski definition) is 5. The fourth-order valence-corrected chi connectivity index (χ4v) is 1.96. The summed E-state index contributed by atoms with van der Waals surface area (Å²) in [5.41, 5.74) is 0.546. The largest absolute Gasteiger partial charge is 0.475 e. The maximum Gasteiger partial charge on any atom is 0.248 e. The van der Waals surface area contributed by atoms with Crippen LogP contribution < -0.4 is 10.1 Å². The van der Waals surface area contributed by atoms with Gasteiger partial charge in [0, 0.05) is 18.8 Å². The van der Waals surface area contributed by atoms with E-state index in [-0.39, 0.29) is 6.61 Å². The summed E-state index contributed by atoms with van der Waals surface area (Å²) < 4.78 is 5.74. The van der Waals surface area contributed by atoms with Crippen molar-refractivity contribution in [2.24, 2.45) is 5.92 Å². The van der Waals surface area contributed by atoms with Gasteiger partial charge in [0.2, 0.25) is 5.88 Å². The van der Waals surface area contributed by atoms with E-state index in [9.17, 15) is 0 Å². The van der Waals surface area contributed by atoms with E-state index in [0.29, 0.717) is 30.5 Å². The zero-order valence-corrected chi connectivity index (χ0v) is 10.9. The normalized spacial score (nSPS) is 15.6. The molecular weight excluding hydrogens is 242 g/mol. The Morgan fingerprint density at radius 3 is 2.89 bits per heavy atom. The average Bonchev–Trinajstić information content (AvgIpc) is 2.48. The topological polar surface area (TPSA) is 67.3 Å². The van der Waals surface area contributed by atoms with Gasteiger partial charge >= 0.3 is 0 Å². The van der Waals surface area contributed by atoms with Crippen LogP contribution in [0.5, 0.6) is 5.88 Å². The second-order valence-electron chi connectivity index (χ2n) is 4.49. The molecule has 5 nitrogen and oxygen atoms in total. The summed E-state index contributed by atoms with van der Waals surface area (Å²) in [7, 11) is 0. The van der Waals surface area contributed by atoms with E-state index in [0.717, 1.165) is 25.9 Å². The lowest BCUT2D eigenvalue weighted by molar-refractivity contribution is 0.208. The second kappa shape index (κ2) is 7.72. The SMILES string of the molecule is OCCC#Cc1nccnc1OCC1CCNCC1. The Balaban J connectivity index is 1.93. The standard InChI is InChI=1S/C14H19N3O2/c18-10-2-1-3-13-14(17-9-8-16-13)19-11-12-4-6-15-7-5-12/h8-9,12,15,18H,2,4-7,10-11H2. The van der Waals surface area contributed by atoms with Crippen molar-refractivity contribution in [2.75, 3.05) is 26.3 Å². The maximum atomic E-state index is 8.71. The van der Waals surface area contributed by atoms with Gasteiger partial charge in [0.05, 0.1) is 13.2 Å². The van der Waals surface area contributed by atoms with Crippen molar-refractivity contribution in [3.63, 3.8) is 0 Å². The maximum absolute atomic E-state index is 8.71. The van der Waals surface area contributed by atoms with Crippen LogP contribution in [0.1, 0.15) is 25.0 Å². The van der Waals surface area contributed by atoms with Crippen LogP contribution in [0.15, 0.2) is 12.4 Å². The summed E-state index contributed by atoms with van der Waals surface area (Å²) in [6.45, 7) is 2.82. The molecule has 102 valence electrons. The summed E-state index contributed by atoms with van der Waals surface area (Å²) >= 11 is 0. The lowest BCUT2D eigenvalue weighted by atomic mass is 9.99. The number of nitrogens with zero attached hydrogens (tertiary/aromatic N) is 2. The molecule has 0 amide bonds. The van der Waals surface area contributed by atoms with Crippen LogP contribution in [0.3, 0.4) is 0 Å². The first-order valence-electron chi connectivity index (χ1n) is 6.64. The quantitative estimate of drug-likeness (QED) is 0.776. The van der Waals surface area contributed by atoms with Gasteiger partial charge < -0.3 is 15.2 Å². The lowest BCUT2D eigenvalue weighted by Crippen LogP contribution is -2.30. The van der Waals surface area contributed by atoms with Crippen molar-refractivity contribution < 1.29 is 9.84 Å². The third-order valence-electron chi connectivity index (χ3n) is 3.02. The summed E-state index contributed by atoms with van der Waals surface area (Å²) in [4.78, 5) is 8.34. The van der Waals surface area contributed by atoms with E-state index in [4.69, 9.17) is 9.84 Å². The molecular formula is C14H19N3O2. The van der Waals surface area contributed by atoms with Crippen molar-refractivity contribution in [1.29, 1.82) is 0 Å². The van der Waals surface area contributed by atoms with Crippen LogP contribution in [0.2, 0.25) is 0 Å². The minimum absolute atomic E-state index is 0.0541. The molecule has 1 aromatic rings. The third kappa shape index (κ3) is 4.51. The number of aliphatic hydroxyl groups excluding tert-OH is 1. The Bertz CT molecular complexity index is 447. The van der Waals surface area contributed by atoms with Gasteiger partial charge in [-0.05, 0) is 37.8 Å². The summed E-state index contributed by atoms with van der Waals surface area (Å²) in [5.74, 6) is 6.78. The highest BCUT2D eigenvalue weighted by molar-refractivity contribution is 5.35. The Morgan fingerprint density at radius 1 is 1.32 bits per heavy atom. The Labute approximate surface area is 113 Å². The molecule has 0 aliphatic carbocycles. The van der Waals surface area contributed by atoms with E-state index >= 15 is 0 Å². The Kier molecular flexibility index (Phi) is 5.60. The highest BCUT2D eigenvalue weighted by Crippen LogP contribution is 2.16. The molecule has 1 aliphatic rings. The van der Waals surface area contributed by atoms with Gasteiger partial charge in [0.25, 0.3) is 0 Å². The van der Waals surface area contributed by atoms with E-state index in [2.05, 4.69) is 27.1 Å². The van der Waals surface area contributed by atoms with Crippen molar-refractivity contribution in [3.05, 3.63) is 18.1 Å². The number of aromatic nitrogens is 2. The highest BCUT2D eigenvalue weighted by atomic mass is 16.5. The first-order chi connectivity index (χ1) is 9.40. The molecule has 0 saturated carbocycles. The summed E-state index contributed by atoms with van der Waals surface area (Å²) in [5, 5.41) is 12.0. The molecule has 5 heteroatoms. The molecule has 0 bridgehead atoms. The van der Waals surface area contributed by atoms with Gasteiger partial charge in [0.1, 0.15) is 0 Å². The fraction of sp³-hybridized carbons (Fsp3) is 0.571. The molecule has 0 atom stereocenters. The number of piperidine rings is 1. The van der Waals surface area contributed by atoms with Crippen LogP contribution in [-0.4, -0.2) is 41.4 Å². The van der Waals surface area contributed by atoms with E-state index < -0.39 is 0 Å². The minimum Gasteiger partial charge on any atom is -0.475 e. The number of rotatable bonds is 4. The van der Waals surface area contributed by atoms with Crippen LogP contribution in [0.4, 0.5) is 0 Å². The molecule has 2 heterocycles.